The molecule has 84 valence electrons. The molecule has 0 saturated carbocycles. The van der Waals surface area contributed by atoms with Crippen molar-refractivity contribution < 1.29 is 17.7 Å². The zero-order valence-electron chi connectivity index (χ0n) is 7.60. The summed E-state index contributed by atoms with van der Waals surface area (Å²) in [5, 5.41) is 3.37. The molecule has 0 aliphatic heterocycles. The molecule has 0 atom stereocenters. The number of rotatable bonds is 1. The third-order valence-corrected chi connectivity index (χ3v) is 2.63. The highest BCUT2D eigenvalue weighted by Crippen LogP contribution is 2.31. The average molecular weight is 293 g/mol. The summed E-state index contributed by atoms with van der Waals surface area (Å²) < 4.78 is 43.7. The zero-order valence-corrected chi connectivity index (χ0v) is 9.19. The SMILES string of the molecule is Nc1cc(-c2cc(F)c(Br)c(F)c2F)no1. The molecule has 0 unspecified atom stereocenters. The molecule has 2 aromatic rings. The second-order valence-electron chi connectivity index (χ2n) is 2.96. The van der Waals surface area contributed by atoms with Crippen LogP contribution in [0.1, 0.15) is 0 Å². The van der Waals surface area contributed by atoms with Gasteiger partial charge in [0.25, 0.3) is 0 Å². The van der Waals surface area contributed by atoms with E-state index in [1.54, 1.807) is 0 Å². The van der Waals surface area contributed by atoms with Crippen molar-refractivity contribution in [1.82, 2.24) is 5.16 Å². The van der Waals surface area contributed by atoms with Crippen LogP contribution in [0.4, 0.5) is 19.1 Å². The predicted octanol–water partition coefficient (Wildman–Crippen LogP) is 3.10. The first-order valence-electron chi connectivity index (χ1n) is 4.06. The van der Waals surface area contributed by atoms with Gasteiger partial charge < -0.3 is 10.3 Å². The molecule has 3 nitrogen and oxygen atoms in total. The lowest BCUT2D eigenvalue weighted by Crippen LogP contribution is -1.95. The van der Waals surface area contributed by atoms with E-state index in [9.17, 15) is 13.2 Å². The van der Waals surface area contributed by atoms with Gasteiger partial charge in [-0.15, -0.1) is 0 Å². The Bertz CT molecular complexity index is 556. The van der Waals surface area contributed by atoms with Crippen molar-refractivity contribution in [3.05, 3.63) is 34.1 Å². The molecular formula is C9H4BrF3N2O. The fraction of sp³-hybridized carbons (Fsp3) is 0. The Morgan fingerprint density at radius 3 is 2.44 bits per heavy atom. The molecular weight excluding hydrogens is 289 g/mol. The summed E-state index contributed by atoms with van der Waals surface area (Å²) >= 11 is 2.58. The number of nitrogens with two attached hydrogens (primary N) is 1. The van der Waals surface area contributed by atoms with Gasteiger partial charge in [-0.25, -0.2) is 13.2 Å². The monoisotopic (exact) mass is 292 g/mol. The van der Waals surface area contributed by atoms with Gasteiger partial charge in [-0.1, -0.05) is 5.16 Å². The molecule has 1 heterocycles. The fourth-order valence-electron chi connectivity index (χ4n) is 1.18. The van der Waals surface area contributed by atoms with Gasteiger partial charge in [0.1, 0.15) is 11.5 Å². The maximum atomic E-state index is 13.4. The molecule has 0 amide bonds. The van der Waals surface area contributed by atoms with Gasteiger partial charge in [-0.3, -0.25) is 0 Å². The van der Waals surface area contributed by atoms with Gasteiger partial charge in [-0.05, 0) is 22.0 Å². The van der Waals surface area contributed by atoms with E-state index in [0.29, 0.717) is 0 Å². The highest BCUT2D eigenvalue weighted by atomic mass is 79.9. The molecule has 0 aliphatic carbocycles. The first-order chi connectivity index (χ1) is 7.50. The van der Waals surface area contributed by atoms with E-state index in [1.807, 2.05) is 0 Å². The molecule has 2 rings (SSSR count). The number of aromatic nitrogens is 1. The van der Waals surface area contributed by atoms with Crippen LogP contribution in [-0.4, -0.2) is 5.16 Å². The number of anilines is 1. The minimum Gasteiger partial charge on any atom is -0.368 e. The number of halogens is 4. The lowest BCUT2D eigenvalue weighted by molar-refractivity contribution is 0.437. The van der Waals surface area contributed by atoms with Crippen LogP contribution in [0.3, 0.4) is 0 Å². The van der Waals surface area contributed by atoms with Gasteiger partial charge >= 0.3 is 0 Å². The van der Waals surface area contributed by atoms with Crippen molar-refractivity contribution >= 4 is 21.8 Å². The maximum Gasteiger partial charge on any atom is 0.222 e. The lowest BCUT2D eigenvalue weighted by Gasteiger charge is -2.03. The van der Waals surface area contributed by atoms with E-state index in [0.717, 1.165) is 6.07 Å². The first-order valence-corrected chi connectivity index (χ1v) is 4.85. The highest BCUT2D eigenvalue weighted by Gasteiger charge is 2.20. The molecule has 0 radical (unpaired) electrons. The molecule has 1 aromatic carbocycles. The Kier molecular flexibility index (Phi) is 2.63. The van der Waals surface area contributed by atoms with Gasteiger partial charge in [0.2, 0.25) is 5.88 Å². The number of nitrogens with zero attached hydrogens (tertiary/aromatic N) is 1. The van der Waals surface area contributed by atoms with Crippen molar-refractivity contribution in [2.45, 2.75) is 0 Å². The van der Waals surface area contributed by atoms with Crippen molar-refractivity contribution in [3.63, 3.8) is 0 Å². The zero-order chi connectivity index (χ0) is 11.9. The van der Waals surface area contributed by atoms with Crippen molar-refractivity contribution in [3.8, 4) is 11.3 Å². The summed E-state index contributed by atoms with van der Waals surface area (Å²) in [4.78, 5) is 0. The molecule has 7 heteroatoms. The molecule has 0 spiro atoms. The Morgan fingerprint density at radius 1 is 1.19 bits per heavy atom. The molecule has 2 N–H and O–H groups in total. The van der Waals surface area contributed by atoms with Gasteiger partial charge in [0.15, 0.2) is 11.6 Å². The van der Waals surface area contributed by atoms with Gasteiger partial charge in [-0.2, -0.15) is 0 Å². The summed E-state index contributed by atoms with van der Waals surface area (Å²) in [7, 11) is 0. The van der Waals surface area contributed by atoms with Gasteiger partial charge in [0, 0.05) is 11.6 Å². The second-order valence-corrected chi connectivity index (χ2v) is 3.76. The van der Waals surface area contributed by atoms with E-state index in [2.05, 4.69) is 25.6 Å². The fourth-order valence-corrected chi connectivity index (χ4v) is 1.46. The van der Waals surface area contributed by atoms with Gasteiger partial charge in [0.05, 0.1) is 4.47 Å². The Balaban J connectivity index is 2.66. The number of nitrogen functional groups attached to an aromatic ring is 1. The summed E-state index contributed by atoms with van der Waals surface area (Å²) in [5.41, 5.74) is 4.81. The Labute approximate surface area is 96.2 Å². The topological polar surface area (TPSA) is 52.0 Å². The minimum absolute atomic E-state index is 0.0692. The minimum atomic E-state index is -1.32. The van der Waals surface area contributed by atoms with E-state index >= 15 is 0 Å². The summed E-state index contributed by atoms with van der Waals surface area (Å²) in [6.45, 7) is 0. The number of hydrogen-bond donors (Lipinski definition) is 1. The normalized spacial score (nSPS) is 10.8. The third kappa shape index (κ3) is 1.67. The number of benzene rings is 1. The smallest absolute Gasteiger partial charge is 0.222 e. The Morgan fingerprint density at radius 2 is 1.88 bits per heavy atom. The van der Waals surface area contributed by atoms with Crippen LogP contribution in [0.2, 0.25) is 0 Å². The van der Waals surface area contributed by atoms with Crippen LogP contribution in [-0.2, 0) is 0 Å². The summed E-state index contributed by atoms with van der Waals surface area (Å²) in [5.74, 6) is -3.55. The average Bonchev–Trinajstić information content (AvgIpc) is 2.67. The summed E-state index contributed by atoms with van der Waals surface area (Å²) in [6.07, 6.45) is 0. The van der Waals surface area contributed by atoms with Crippen LogP contribution in [0, 0.1) is 17.5 Å². The van der Waals surface area contributed by atoms with Crippen LogP contribution in [0.15, 0.2) is 21.1 Å². The van der Waals surface area contributed by atoms with Crippen molar-refractivity contribution in [2.75, 3.05) is 5.73 Å². The van der Waals surface area contributed by atoms with Crippen LogP contribution in [0.25, 0.3) is 11.3 Å². The molecule has 0 aliphatic rings. The van der Waals surface area contributed by atoms with Crippen LogP contribution < -0.4 is 5.73 Å². The lowest BCUT2D eigenvalue weighted by atomic mass is 10.1. The number of hydrogen-bond acceptors (Lipinski definition) is 3. The van der Waals surface area contributed by atoms with E-state index < -0.39 is 21.9 Å². The van der Waals surface area contributed by atoms with Crippen LogP contribution >= 0.6 is 15.9 Å². The Hall–Kier alpha value is -1.50. The van der Waals surface area contributed by atoms with E-state index in [1.165, 1.54) is 6.07 Å². The molecule has 1 aromatic heterocycles. The maximum absolute atomic E-state index is 13.4. The first kappa shape index (κ1) is 11.0. The predicted molar refractivity (Wildman–Crippen MR) is 53.9 cm³/mol. The molecule has 0 fully saturated rings. The van der Waals surface area contributed by atoms with Crippen LogP contribution in [0.5, 0.6) is 0 Å². The van der Waals surface area contributed by atoms with Crippen molar-refractivity contribution in [1.29, 1.82) is 0 Å². The quantitative estimate of drug-likeness (QED) is 0.649. The van der Waals surface area contributed by atoms with E-state index in [-0.39, 0.29) is 17.1 Å². The molecule has 16 heavy (non-hydrogen) atoms. The second kappa shape index (κ2) is 3.82. The highest BCUT2D eigenvalue weighted by molar-refractivity contribution is 9.10. The third-order valence-electron chi connectivity index (χ3n) is 1.91. The summed E-state index contributed by atoms with van der Waals surface area (Å²) in [6, 6.07) is 1.98. The largest absolute Gasteiger partial charge is 0.368 e. The van der Waals surface area contributed by atoms with E-state index in [4.69, 9.17) is 5.73 Å². The molecule has 0 bridgehead atoms. The molecule has 0 saturated heterocycles. The van der Waals surface area contributed by atoms with Crippen molar-refractivity contribution in [2.24, 2.45) is 0 Å². The standard InChI is InChI=1S/C9H4BrF3N2O/c10-7-4(11)1-3(8(12)9(7)13)5-2-6(14)16-15-5/h1-2H,14H2.